The first kappa shape index (κ1) is 21.6. The van der Waals surface area contributed by atoms with Crippen LogP contribution in [0.25, 0.3) is 10.2 Å². The maximum Gasteiger partial charge on any atom is 0.279 e. The number of thiazole rings is 1. The van der Waals surface area contributed by atoms with Crippen molar-refractivity contribution in [3.63, 3.8) is 0 Å². The van der Waals surface area contributed by atoms with Crippen molar-refractivity contribution >= 4 is 60.5 Å². The van der Waals surface area contributed by atoms with E-state index < -0.39 is 21.0 Å². The van der Waals surface area contributed by atoms with Crippen molar-refractivity contribution in [2.45, 2.75) is 30.5 Å². The summed E-state index contributed by atoms with van der Waals surface area (Å²) in [5, 5.41) is 0.384. The molecule has 0 saturated carbocycles. The number of hydrogen-bond acceptors (Lipinski definition) is 4. The summed E-state index contributed by atoms with van der Waals surface area (Å²) in [7, 11) is -3.41. The van der Waals surface area contributed by atoms with Gasteiger partial charge in [-0.3, -0.25) is 4.79 Å². The first-order valence-corrected chi connectivity index (χ1v) is 11.6. The molecule has 1 amide bonds. The van der Waals surface area contributed by atoms with Gasteiger partial charge in [0.2, 0.25) is 0 Å². The molecule has 3 rings (SSSR count). The SMILES string of the molecule is C#CCn1c(=NC(=O)c2ccc(S(=O)(=O)C(C)C)cc2)sc2c(Cl)ccc(Cl)c21. The highest BCUT2D eigenvalue weighted by atomic mass is 35.5. The Morgan fingerprint density at radius 3 is 2.38 bits per heavy atom. The van der Waals surface area contributed by atoms with Gasteiger partial charge < -0.3 is 4.57 Å². The van der Waals surface area contributed by atoms with Gasteiger partial charge in [0.05, 0.1) is 37.0 Å². The number of carbonyl (C=O) groups is 1. The van der Waals surface area contributed by atoms with Crippen LogP contribution in [0.2, 0.25) is 10.0 Å². The molecular weight excluding hydrogens is 451 g/mol. The molecule has 0 atom stereocenters. The third-order valence-corrected chi connectivity index (χ3v) is 8.24. The molecule has 150 valence electrons. The van der Waals surface area contributed by atoms with Crippen LogP contribution in [0.3, 0.4) is 0 Å². The van der Waals surface area contributed by atoms with E-state index in [2.05, 4.69) is 10.9 Å². The summed E-state index contributed by atoms with van der Waals surface area (Å²) >= 11 is 13.8. The Balaban J connectivity index is 2.09. The Morgan fingerprint density at radius 2 is 1.79 bits per heavy atom. The fraction of sp³-hybridized carbons (Fsp3) is 0.200. The number of halogens is 2. The second kappa shape index (κ2) is 8.33. The number of hydrogen-bond donors (Lipinski definition) is 0. The van der Waals surface area contributed by atoms with Crippen molar-refractivity contribution < 1.29 is 13.2 Å². The molecule has 2 aromatic carbocycles. The number of sulfone groups is 1. The Labute approximate surface area is 182 Å². The minimum Gasteiger partial charge on any atom is -0.303 e. The van der Waals surface area contributed by atoms with E-state index in [0.29, 0.717) is 25.1 Å². The van der Waals surface area contributed by atoms with Crippen LogP contribution < -0.4 is 4.80 Å². The predicted octanol–water partition coefficient (Wildman–Crippen LogP) is 4.57. The highest BCUT2D eigenvalue weighted by molar-refractivity contribution is 7.92. The van der Waals surface area contributed by atoms with Crippen molar-refractivity contribution in [3.8, 4) is 12.3 Å². The summed E-state index contributed by atoms with van der Waals surface area (Å²) in [5.74, 6) is 2.00. The number of nitrogens with zero attached hydrogens (tertiary/aromatic N) is 2. The number of rotatable bonds is 4. The molecule has 0 bridgehead atoms. The number of carbonyl (C=O) groups excluding carboxylic acids is 1. The molecule has 0 radical (unpaired) electrons. The van der Waals surface area contributed by atoms with Gasteiger partial charge in [-0.2, -0.15) is 4.99 Å². The largest absolute Gasteiger partial charge is 0.303 e. The molecule has 3 aromatic rings. The summed E-state index contributed by atoms with van der Waals surface area (Å²) in [6, 6.07) is 9.03. The number of aromatic nitrogens is 1. The highest BCUT2D eigenvalue weighted by Crippen LogP contribution is 2.31. The maximum atomic E-state index is 12.7. The van der Waals surface area contributed by atoms with Gasteiger partial charge in [-0.25, -0.2) is 8.42 Å². The highest BCUT2D eigenvalue weighted by Gasteiger charge is 2.19. The molecule has 9 heteroatoms. The van der Waals surface area contributed by atoms with Gasteiger partial charge in [-0.15, -0.1) is 6.42 Å². The molecule has 0 fully saturated rings. The molecule has 0 saturated heterocycles. The summed E-state index contributed by atoms with van der Waals surface area (Å²) < 4.78 is 26.8. The quantitative estimate of drug-likeness (QED) is 0.528. The molecule has 0 aliphatic rings. The molecular formula is C20H16Cl2N2O3S2. The molecule has 0 unspecified atom stereocenters. The maximum absolute atomic E-state index is 12.7. The number of fused-ring (bicyclic) bond motifs is 1. The second-order valence-corrected chi connectivity index (χ2v) is 10.7. The fourth-order valence-corrected chi connectivity index (χ4v) is 5.35. The third-order valence-electron chi connectivity index (χ3n) is 4.23. The van der Waals surface area contributed by atoms with Crippen LogP contribution in [0.5, 0.6) is 0 Å². The van der Waals surface area contributed by atoms with E-state index in [1.54, 1.807) is 30.5 Å². The normalized spacial score (nSPS) is 12.5. The lowest BCUT2D eigenvalue weighted by molar-refractivity contribution is 0.0998. The lowest BCUT2D eigenvalue weighted by Gasteiger charge is -2.07. The van der Waals surface area contributed by atoms with E-state index in [9.17, 15) is 13.2 Å². The van der Waals surface area contributed by atoms with Crippen LogP contribution in [0.4, 0.5) is 0 Å². The average molecular weight is 467 g/mol. The second-order valence-electron chi connectivity index (χ2n) is 6.42. The minimum atomic E-state index is -3.41. The molecule has 0 aliphatic heterocycles. The number of terminal acetylenes is 1. The molecule has 29 heavy (non-hydrogen) atoms. The van der Waals surface area contributed by atoms with Crippen molar-refractivity contribution in [2.24, 2.45) is 4.99 Å². The minimum absolute atomic E-state index is 0.159. The number of amides is 1. The summed E-state index contributed by atoms with van der Waals surface area (Å²) in [6.45, 7) is 3.37. The Kier molecular flexibility index (Phi) is 6.20. The van der Waals surface area contributed by atoms with Crippen molar-refractivity contribution in [3.05, 3.63) is 56.8 Å². The molecule has 5 nitrogen and oxygen atoms in total. The van der Waals surface area contributed by atoms with E-state index in [1.165, 1.54) is 35.6 Å². The topological polar surface area (TPSA) is 68.5 Å². The van der Waals surface area contributed by atoms with Gasteiger partial charge in [0.1, 0.15) is 0 Å². The van der Waals surface area contributed by atoms with Crippen molar-refractivity contribution in [2.75, 3.05) is 0 Å². The summed E-state index contributed by atoms with van der Waals surface area (Å²) in [5.41, 5.74) is 0.877. The number of benzene rings is 2. The Hall–Kier alpha value is -2.11. The van der Waals surface area contributed by atoms with Gasteiger partial charge in [-0.05, 0) is 50.2 Å². The van der Waals surface area contributed by atoms with Crippen molar-refractivity contribution in [1.29, 1.82) is 0 Å². The molecule has 1 heterocycles. The van der Waals surface area contributed by atoms with E-state index in [4.69, 9.17) is 29.6 Å². The van der Waals surface area contributed by atoms with Crippen LogP contribution in [0.1, 0.15) is 24.2 Å². The fourth-order valence-electron chi connectivity index (χ4n) is 2.65. The van der Waals surface area contributed by atoms with Gasteiger partial charge >= 0.3 is 0 Å². The Bertz CT molecular complexity index is 1310. The lowest BCUT2D eigenvalue weighted by atomic mass is 10.2. The van der Waals surface area contributed by atoms with Crippen LogP contribution in [-0.4, -0.2) is 24.1 Å². The Morgan fingerprint density at radius 1 is 1.17 bits per heavy atom. The summed E-state index contributed by atoms with van der Waals surface area (Å²) in [4.78, 5) is 17.4. The summed E-state index contributed by atoms with van der Waals surface area (Å²) in [6.07, 6.45) is 5.47. The van der Waals surface area contributed by atoms with Crippen molar-refractivity contribution in [1.82, 2.24) is 4.57 Å². The van der Waals surface area contributed by atoms with E-state index in [-0.39, 0.29) is 17.0 Å². The van der Waals surface area contributed by atoms with E-state index in [1.807, 2.05) is 0 Å². The molecule has 0 N–H and O–H groups in total. The lowest BCUT2D eigenvalue weighted by Crippen LogP contribution is -2.17. The zero-order valence-corrected chi connectivity index (χ0v) is 18.7. The van der Waals surface area contributed by atoms with E-state index in [0.717, 1.165) is 0 Å². The molecule has 0 spiro atoms. The first-order chi connectivity index (χ1) is 13.7. The van der Waals surface area contributed by atoms with E-state index >= 15 is 0 Å². The van der Waals surface area contributed by atoms with Crippen LogP contribution in [-0.2, 0) is 16.4 Å². The standard InChI is InChI=1S/C20H16Cl2N2O3S2/c1-4-11-24-17-15(21)9-10-16(22)18(17)28-20(24)23-19(25)13-5-7-14(8-6-13)29(26,27)12(2)3/h1,5-10,12H,11H2,2-3H3. The van der Waals surface area contributed by atoms with Crippen LogP contribution >= 0.6 is 34.5 Å². The first-order valence-electron chi connectivity index (χ1n) is 8.50. The van der Waals surface area contributed by atoms with Crippen LogP contribution in [0, 0.1) is 12.3 Å². The van der Waals surface area contributed by atoms with Gasteiger partial charge in [-0.1, -0.05) is 40.5 Å². The van der Waals surface area contributed by atoms with Gasteiger partial charge in [0, 0.05) is 5.56 Å². The predicted molar refractivity (Wildman–Crippen MR) is 117 cm³/mol. The monoisotopic (exact) mass is 466 g/mol. The third kappa shape index (κ3) is 4.12. The zero-order chi connectivity index (χ0) is 21.3. The van der Waals surface area contributed by atoms with Gasteiger partial charge in [0.15, 0.2) is 14.6 Å². The smallest absolute Gasteiger partial charge is 0.279 e. The average Bonchev–Trinajstić information content (AvgIpc) is 3.04. The van der Waals surface area contributed by atoms with Gasteiger partial charge in [0.25, 0.3) is 5.91 Å². The molecule has 0 aliphatic carbocycles. The zero-order valence-electron chi connectivity index (χ0n) is 15.5. The molecule has 1 aromatic heterocycles. The van der Waals surface area contributed by atoms with Crippen LogP contribution in [0.15, 0.2) is 46.3 Å².